The first-order valence-electron chi connectivity index (χ1n) is 6.97. The Morgan fingerprint density at radius 2 is 1.65 bits per heavy atom. The third-order valence-corrected chi connectivity index (χ3v) is 3.83. The lowest BCUT2D eigenvalue weighted by atomic mass is 10.2. The van der Waals surface area contributed by atoms with E-state index in [4.69, 9.17) is 17.3 Å². The molecule has 0 amide bonds. The number of benzene rings is 1. The average molecular weight is 292 g/mol. The van der Waals surface area contributed by atoms with Gasteiger partial charge in [0.2, 0.25) is 11.9 Å². The summed E-state index contributed by atoms with van der Waals surface area (Å²) >= 11 is 5.90. The van der Waals surface area contributed by atoms with Crippen LogP contribution in [0.25, 0.3) is 5.69 Å². The smallest absolute Gasteiger partial charge is 0.246 e. The Labute approximate surface area is 123 Å². The fourth-order valence-corrected chi connectivity index (χ4v) is 2.62. The number of hydrogen-bond acceptors (Lipinski definition) is 4. The second-order valence-electron chi connectivity index (χ2n) is 5.06. The number of anilines is 2. The maximum atomic E-state index is 5.99. The first-order valence-corrected chi connectivity index (χ1v) is 7.35. The molecule has 2 heterocycles. The Balaban J connectivity index is 1.88. The van der Waals surface area contributed by atoms with Gasteiger partial charge in [-0.1, -0.05) is 24.4 Å². The number of halogens is 1. The molecule has 1 aliphatic heterocycles. The molecule has 0 saturated carbocycles. The molecule has 1 aromatic heterocycles. The molecule has 2 N–H and O–H groups in total. The Kier molecular flexibility index (Phi) is 3.78. The molecule has 1 fully saturated rings. The summed E-state index contributed by atoms with van der Waals surface area (Å²) in [4.78, 5) is 6.62. The van der Waals surface area contributed by atoms with Gasteiger partial charge < -0.3 is 10.6 Å². The molecule has 1 aromatic carbocycles. The van der Waals surface area contributed by atoms with Crippen LogP contribution in [0.15, 0.2) is 24.3 Å². The molecular weight excluding hydrogens is 274 g/mol. The number of rotatable bonds is 2. The van der Waals surface area contributed by atoms with Crippen molar-refractivity contribution in [1.29, 1.82) is 0 Å². The fraction of sp³-hybridized carbons (Fsp3) is 0.429. The van der Waals surface area contributed by atoms with E-state index >= 15 is 0 Å². The van der Waals surface area contributed by atoms with E-state index in [2.05, 4.69) is 15.0 Å². The van der Waals surface area contributed by atoms with Gasteiger partial charge in [0.25, 0.3) is 0 Å². The Hall–Kier alpha value is -1.75. The molecule has 106 valence electrons. The number of aromatic nitrogens is 3. The molecule has 1 saturated heterocycles. The van der Waals surface area contributed by atoms with E-state index in [-0.39, 0.29) is 0 Å². The summed E-state index contributed by atoms with van der Waals surface area (Å²) < 4.78 is 1.66. The van der Waals surface area contributed by atoms with Crippen LogP contribution in [0.5, 0.6) is 0 Å². The van der Waals surface area contributed by atoms with Crippen LogP contribution in [-0.2, 0) is 0 Å². The molecule has 2 aromatic rings. The zero-order valence-corrected chi connectivity index (χ0v) is 12.1. The minimum Gasteiger partial charge on any atom is -0.368 e. The van der Waals surface area contributed by atoms with Gasteiger partial charge in [-0.05, 0) is 37.1 Å². The SMILES string of the molecule is Nc1nc(N2CCCCCC2)nn1-c1ccc(Cl)cc1. The van der Waals surface area contributed by atoms with Crippen LogP contribution in [-0.4, -0.2) is 27.9 Å². The molecule has 0 bridgehead atoms. The Bertz CT molecular complexity index is 570. The molecule has 0 radical (unpaired) electrons. The molecule has 6 heteroatoms. The molecule has 5 nitrogen and oxygen atoms in total. The Morgan fingerprint density at radius 3 is 2.30 bits per heavy atom. The second-order valence-corrected chi connectivity index (χ2v) is 5.50. The van der Waals surface area contributed by atoms with Gasteiger partial charge in [-0.25, -0.2) is 0 Å². The summed E-state index contributed by atoms with van der Waals surface area (Å²) in [6, 6.07) is 7.42. The van der Waals surface area contributed by atoms with Crippen LogP contribution >= 0.6 is 11.6 Å². The number of nitrogens with zero attached hydrogens (tertiary/aromatic N) is 4. The standard InChI is InChI=1S/C14H18ClN5/c15-11-5-7-12(8-6-11)20-13(16)17-14(18-20)19-9-3-1-2-4-10-19/h5-8H,1-4,9-10H2,(H2,16,17,18). The van der Waals surface area contributed by atoms with Gasteiger partial charge >= 0.3 is 0 Å². The highest BCUT2D eigenvalue weighted by Crippen LogP contribution is 2.20. The molecule has 0 aliphatic carbocycles. The summed E-state index contributed by atoms with van der Waals surface area (Å²) in [6.07, 6.45) is 4.94. The third kappa shape index (κ3) is 2.72. The highest BCUT2D eigenvalue weighted by Gasteiger charge is 2.16. The molecular formula is C14H18ClN5. The Morgan fingerprint density at radius 1 is 1.00 bits per heavy atom. The van der Waals surface area contributed by atoms with Gasteiger partial charge in [-0.15, -0.1) is 5.10 Å². The maximum absolute atomic E-state index is 5.99. The lowest BCUT2D eigenvalue weighted by molar-refractivity contribution is 0.726. The monoisotopic (exact) mass is 291 g/mol. The average Bonchev–Trinajstić information content (AvgIpc) is 2.66. The summed E-state index contributed by atoms with van der Waals surface area (Å²) in [5.41, 5.74) is 6.86. The number of nitrogens with two attached hydrogens (primary N) is 1. The first kappa shape index (κ1) is 13.2. The normalized spacial score (nSPS) is 16.1. The van der Waals surface area contributed by atoms with Gasteiger partial charge in [0, 0.05) is 18.1 Å². The van der Waals surface area contributed by atoms with Crippen molar-refractivity contribution in [3.8, 4) is 5.69 Å². The second kappa shape index (κ2) is 5.71. The fourth-order valence-electron chi connectivity index (χ4n) is 2.49. The van der Waals surface area contributed by atoms with Crippen LogP contribution in [0.2, 0.25) is 5.02 Å². The van der Waals surface area contributed by atoms with E-state index in [0.29, 0.717) is 11.0 Å². The minimum atomic E-state index is 0.409. The molecule has 1 aliphatic rings. The number of hydrogen-bond donors (Lipinski definition) is 1. The van der Waals surface area contributed by atoms with E-state index in [1.807, 2.05) is 24.3 Å². The van der Waals surface area contributed by atoms with Crippen LogP contribution in [0.1, 0.15) is 25.7 Å². The highest BCUT2D eigenvalue weighted by atomic mass is 35.5. The highest BCUT2D eigenvalue weighted by molar-refractivity contribution is 6.30. The predicted octanol–water partition coefficient (Wildman–Crippen LogP) is 2.88. The van der Waals surface area contributed by atoms with Crippen LogP contribution < -0.4 is 10.6 Å². The lowest BCUT2D eigenvalue weighted by Crippen LogP contribution is -2.25. The van der Waals surface area contributed by atoms with Crippen molar-refractivity contribution in [3.63, 3.8) is 0 Å². The van der Waals surface area contributed by atoms with Gasteiger partial charge in [0.05, 0.1) is 5.69 Å². The van der Waals surface area contributed by atoms with E-state index < -0.39 is 0 Å². The maximum Gasteiger partial charge on any atom is 0.246 e. The number of nitrogen functional groups attached to an aromatic ring is 1. The van der Waals surface area contributed by atoms with Crippen molar-refractivity contribution in [2.45, 2.75) is 25.7 Å². The van der Waals surface area contributed by atoms with Gasteiger partial charge in [-0.3, -0.25) is 0 Å². The lowest BCUT2D eigenvalue weighted by Gasteiger charge is -2.17. The third-order valence-electron chi connectivity index (χ3n) is 3.58. The van der Waals surface area contributed by atoms with Gasteiger partial charge in [-0.2, -0.15) is 9.67 Å². The van der Waals surface area contributed by atoms with E-state index in [1.54, 1.807) is 4.68 Å². The molecule has 0 unspecified atom stereocenters. The topological polar surface area (TPSA) is 60.0 Å². The summed E-state index contributed by atoms with van der Waals surface area (Å²) in [5.74, 6) is 1.13. The van der Waals surface area contributed by atoms with Crippen molar-refractivity contribution in [2.24, 2.45) is 0 Å². The van der Waals surface area contributed by atoms with Crippen LogP contribution in [0.4, 0.5) is 11.9 Å². The molecule has 0 spiro atoms. The summed E-state index contributed by atoms with van der Waals surface area (Å²) in [7, 11) is 0. The minimum absolute atomic E-state index is 0.409. The predicted molar refractivity (Wildman–Crippen MR) is 81.5 cm³/mol. The van der Waals surface area contributed by atoms with Crippen LogP contribution in [0.3, 0.4) is 0 Å². The van der Waals surface area contributed by atoms with E-state index in [1.165, 1.54) is 25.7 Å². The van der Waals surface area contributed by atoms with E-state index in [0.717, 1.165) is 24.7 Å². The van der Waals surface area contributed by atoms with Crippen molar-refractivity contribution in [3.05, 3.63) is 29.3 Å². The van der Waals surface area contributed by atoms with Crippen molar-refractivity contribution in [2.75, 3.05) is 23.7 Å². The molecule has 0 atom stereocenters. The summed E-state index contributed by atoms with van der Waals surface area (Å²) in [5, 5.41) is 5.23. The van der Waals surface area contributed by atoms with Crippen molar-refractivity contribution >= 4 is 23.5 Å². The largest absolute Gasteiger partial charge is 0.368 e. The van der Waals surface area contributed by atoms with Crippen molar-refractivity contribution < 1.29 is 0 Å². The summed E-state index contributed by atoms with van der Waals surface area (Å²) in [6.45, 7) is 2.01. The molecule has 3 rings (SSSR count). The van der Waals surface area contributed by atoms with Gasteiger partial charge in [0.1, 0.15) is 0 Å². The first-order chi connectivity index (χ1) is 9.74. The van der Waals surface area contributed by atoms with Crippen molar-refractivity contribution in [1.82, 2.24) is 14.8 Å². The zero-order valence-electron chi connectivity index (χ0n) is 11.3. The van der Waals surface area contributed by atoms with Gasteiger partial charge in [0.15, 0.2) is 0 Å². The van der Waals surface area contributed by atoms with E-state index in [9.17, 15) is 0 Å². The quantitative estimate of drug-likeness (QED) is 0.924. The zero-order chi connectivity index (χ0) is 13.9. The molecule has 20 heavy (non-hydrogen) atoms. The van der Waals surface area contributed by atoms with Crippen LogP contribution in [0, 0.1) is 0 Å².